The Morgan fingerprint density at radius 3 is 2.72 bits per heavy atom. The van der Waals surface area contributed by atoms with Crippen LogP contribution in [0.15, 0.2) is 29.3 Å². The second kappa shape index (κ2) is 4.51. The predicted octanol–water partition coefficient (Wildman–Crippen LogP) is 1.75. The normalized spacial score (nSPS) is 11.4. The summed E-state index contributed by atoms with van der Waals surface area (Å²) in [6, 6.07) is 4.20. The Labute approximate surface area is 109 Å². The highest BCUT2D eigenvalue weighted by atomic mass is 35.5. The highest BCUT2D eigenvalue weighted by Crippen LogP contribution is 2.24. The van der Waals surface area contributed by atoms with Crippen LogP contribution < -0.4 is 10.5 Å². The van der Waals surface area contributed by atoms with E-state index in [2.05, 4.69) is 14.9 Å². The summed E-state index contributed by atoms with van der Waals surface area (Å²) in [6.07, 6.45) is 1.52. The van der Waals surface area contributed by atoms with Crippen LogP contribution in [0.2, 0.25) is 5.02 Å². The third-order valence-electron chi connectivity index (χ3n) is 2.33. The molecule has 0 aliphatic rings. The van der Waals surface area contributed by atoms with Gasteiger partial charge in [0.05, 0.1) is 11.9 Å². The molecule has 4 N–H and O–H groups in total. The van der Waals surface area contributed by atoms with E-state index in [4.69, 9.17) is 17.3 Å². The molecule has 18 heavy (non-hydrogen) atoms. The fourth-order valence-electron chi connectivity index (χ4n) is 1.40. The smallest absolute Gasteiger partial charge is 0.265 e. The Morgan fingerprint density at radius 1 is 1.44 bits per heavy atom. The number of sulfonamides is 1. The van der Waals surface area contributed by atoms with Gasteiger partial charge in [-0.2, -0.15) is 5.10 Å². The number of H-pyrrole nitrogens is 1. The molecule has 0 amide bonds. The van der Waals surface area contributed by atoms with Gasteiger partial charge in [-0.1, -0.05) is 11.6 Å². The Morgan fingerprint density at radius 2 is 2.17 bits per heavy atom. The first kappa shape index (κ1) is 12.7. The van der Waals surface area contributed by atoms with E-state index in [-0.39, 0.29) is 10.6 Å². The SMILES string of the molecule is Cc1cn[nH]c1NS(=O)(=O)c1ccc(Cl)cc1N. The highest BCUT2D eigenvalue weighted by molar-refractivity contribution is 7.92. The minimum absolute atomic E-state index is 0.0269. The zero-order valence-corrected chi connectivity index (χ0v) is 11.0. The fraction of sp³-hybridized carbons (Fsp3) is 0.100. The molecule has 1 aromatic carbocycles. The molecule has 2 aromatic rings. The summed E-state index contributed by atoms with van der Waals surface area (Å²) in [7, 11) is -3.76. The molecule has 1 heterocycles. The number of aromatic nitrogens is 2. The monoisotopic (exact) mass is 286 g/mol. The molecular weight excluding hydrogens is 276 g/mol. The predicted molar refractivity (Wildman–Crippen MR) is 70.0 cm³/mol. The van der Waals surface area contributed by atoms with Crippen LogP contribution in [0.25, 0.3) is 0 Å². The van der Waals surface area contributed by atoms with Crippen molar-refractivity contribution >= 4 is 33.1 Å². The quantitative estimate of drug-likeness (QED) is 0.748. The molecule has 0 spiro atoms. The molecule has 0 radical (unpaired) electrons. The highest BCUT2D eigenvalue weighted by Gasteiger charge is 2.19. The number of rotatable bonds is 3. The van der Waals surface area contributed by atoms with E-state index in [1.807, 2.05) is 0 Å². The Balaban J connectivity index is 2.40. The van der Waals surface area contributed by atoms with Crippen LogP contribution in [0.5, 0.6) is 0 Å². The van der Waals surface area contributed by atoms with E-state index in [1.54, 1.807) is 6.92 Å². The molecule has 6 nitrogen and oxygen atoms in total. The number of benzene rings is 1. The summed E-state index contributed by atoms with van der Waals surface area (Å²) in [5, 5.41) is 6.67. The molecule has 1 aromatic heterocycles. The molecule has 0 bridgehead atoms. The Bertz CT molecular complexity index is 681. The second-order valence-corrected chi connectivity index (χ2v) is 5.80. The van der Waals surface area contributed by atoms with Crippen LogP contribution in [0.3, 0.4) is 0 Å². The van der Waals surface area contributed by atoms with Gasteiger partial charge in [0.25, 0.3) is 10.0 Å². The van der Waals surface area contributed by atoms with E-state index < -0.39 is 10.0 Å². The van der Waals surface area contributed by atoms with Crippen molar-refractivity contribution in [1.29, 1.82) is 0 Å². The molecule has 0 saturated carbocycles. The number of nitrogens with two attached hydrogens (primary N) is 1. The van der Waals surface area contributed by atoms with Gasteiger partial charge in [-0.25, -0.2) is 8.42 Å². The van der Waals surface area contributed by atoms with Gasteiger partial charge >= 0.3 is 0 Å². The summed E-state index contributed by atoms with van der Waals surface area (Å²) in [5.74, 6) is 0.310. The third kappa shape index (κ3) is 2.41. The summed E-state index contributed by atoms with van der Waals surface area (Å²) in [6.45, 7) is 1.73. The number of aromatic amines is 1. The number of hydrogen-bond donors (Lipinski definition) is 3. The lowest BCUT2D eigenvalue weighted by Gasteiger charge is -2.09. The molecule has 0 unspecified atom stereocenters. The van der Waals surface area contributed by atoms with Crippen molar-refractivity contribution in [3.8, 4) is 0 Å². The molecule has 0 saturated heterocycles. The standard InChI is InChI=1S/C10H11ClN4O2S/c1-6-5-13-14-10(6)15-18(16,17)9-3-2-7(11)4-8(9)12/h2-5H,12H2,1H3,(H2,13,14,15). The van der Waals surface area contributed by atoms with Crippen molar-refractivity contribution in [3.63, 3.8) is 0 Å². The molecule has 8 heteroatoms. The van der Waals surface area contributed by atoms with Gasteiger partial charge < -0.3 is 5.73 Å². The number of nitrogens with one attached hydrogen (secondary N) is 2. The minimum Gasteiger partial charge on any atom is -0.398 e. The van der Waals surface area contributed by atoms with E-state index in [9.17, 15) is 8.42 Å². The van der Waals surface area contributed by atoms with E-state index in [1.165, 1.54) is 24.4 Å². The van der Waals surface area contributed by atoms with E-state index >= 15 is 0 Å². The van der Waals surface area contributed by atoms with Gasteiger partial charge in [0.15, 0.2) is 0 Å². The zero-order chi connectivity index (χ0) is 13.3. The van der Waals surface area contributed by atoms with Gasteiger partial charge in [0, 0.05) is 10.6 Å². The molecule has 2 rings (SSSR count). The lowest BCUT2D eigenvalue weighted by atomic mass is 10.3. The number of halogens is 1. The molecule has 96 valence electrons. The number of nitrogen functional groups attached to an aromatic ring is 1. The molecule has 0 aliphatic heterocycles. The number of hydrogen-bond acceptors (Lipinski definition) is 4. The fourth-order valence-corrected chi connectivity index (χ4v) is 2.79. The average Bonchev–Trinajstić information content (AvgIpc) is 2.63. The average molecular weight is 287 g/mol. The maximum Gasteiger partial charge on any atom is 0.265 e. The van der Waals surface area contributed by atoms with Gasteiger partial charge in [0.2, 0.25) is 0 Å². The van der Waals surface area contributed by atoms with Crippen molar-refractivity contribution in [2.24, 2.45) is 0 Å². The van der Waals surface area contributed by atoms with Crippen molar-refractivity contribution in [2.75, 3.05) is 10.5 Å². The number of nitrogens with zero attached hydrogens (tertiary/aromatic N) is 1. The first-order valence-electron chi connectivity index (χ1n) is 4.98. The van der Waals surface area contributed by atoms with Crippen LogP contribution in [0.1, 0.15) is 5.56 Å². The summed E-state index contributed by atoms with van der Waals surface area (Å²) in [4.78, 5) is -0.0269. The van der Waals surface area contributed by atoms with Crippen LogP contribution in [0, 0.1) is 6.92 Å². The van der Waals surface area contributed by atoms with Gasteiger partial charge in [-0.05, 0) is 25.1 Å². The molecular formula is C10H11ClN4O2S. The summed E-state index contributed by atoms with van der Waals surface area (Å²) >= 11 is 5.72. The van der Waals surface area contributed by atoms with Crippen LogP contribution in [-0.4, -0.2) is 18.6 Å². The largest absolute Gasteiger partial charge is 0.398 e. The van der Waals surface area contributed by atoms with Gasteiger partial charge in [-0.3, -0.25) is 9.82 Å². The Kier molecular flexibility index (Phi) is 3.18. The first-order valence-corrected chi connectivity index (χ1v) is 6.84. The lowest BCUT2D eigenvalue weighted by Crippen LogP contribution is -2.15. The van der Waals surface area contributed by atoms with Gasteiger partial charge in [-0.15, -0.1) is 0 Å². The van der Waals surface area contributed by atoms with Crippen molar-refractivity contribution in [1.82, 2.24) is 10.2 Å². The second-order valence-electron chi connectivity index (χ2n) is 3.72. The van der Waals surface area contributed by atoms with Crippen molar-refractivity contribution < 1.29 is 8.42 Å². The van der Waals surface area contributed by atoms with Crippen LogP contribution >= 0.6 is 11.6 Å². The van der Waals surface area contributed by atoms with Crippen LogP contribution in [-0.2, 0) is 10.0 Å². The van der Waals surface area contributed by atoms with E-state index in [0.29, 0.717) is 16.4 Å². The first-order chi connectivity index (χ1) is 8.40. The lowest BCUT2D eigenvalue weighted by molar-refractivity contribution is 0.601. The molecule has 0 aliphatic carbocycles. The minimum atomic E-state index is -3.76. The summed E-state index contributed by atoms with van der Waals surface area (Å²) < 4.78 is 26.6. The number of aryl methyl sites for hydroxylation is 1. The Hall–Kier alpha value is -1.73. The van der Waals surface area contributed by atoms with E-state index in [0.717, 1.165) is 0 Å². The van der Waals surface area contributed by atoms with Crippen molar-refractivity contribution in [2.45, 2.75) is 11.8 Å². The maximum absolute atomic E-state index is 12.1. The number of anilines is 2. The maximum atomic E-state index is 12.1. The van der Waals surface area contributed by atoms with Gasteiger partial charge in [0.1, 0.15) is 10.7 Å². The third-order valence-corrected chi connectivity index (χ3v) is 3.99. The topological polar surface area (TPSA) is 101 Å². The molecule has 0 atom stereocenters. The molecule has 0 fully saturated rings. The van der Waals surface area contributed by atoms with Crippen LogP contribution in [0.4, 0.5) is 11.5 Å². The summed E-state index contributed by atoms with van der Waals surface area (Å²) in [5.41, 5.74) is 6.42. The van der Waals surface area contributed by atoms with Crippen molar-refractivity contribution in [3.05, 3.63) is 35.0 Å². The zero-order valence-electron chi connectivity index (χ0n) is 9.44.